The summed E-state index contributed by atoms with van der Waals surface area (Å²) < 4.78 is 0.944. The first-order valence-electron chi connectivity index (χ1n) is 7.28. The summed E-state index contributed by atoms with van der Waals surface area (Å²) in [5.41, 5.74) is 0. The van der Waals surface area contributed by atoms with Gasteiger partial charge in [0.1, 0.15) is 22.4 Å². The molecule has 0 amide bonds. The molecule has 1 aromatic heterocycles. The van der Waals surface area contributed by atoms with E-state index in [1.807, 2.05) is 11.8 Å². The van der Waals surface area contributed by atoms with Crippen molar-refractivity contribution in [1.82, 2.24) is 9.97 Å². The molecule has 0 aliphatic heterocycles. The Morgan fingerprint density at radius 1 is 1.35 bits per heavy atom. The fraction of sp³-hybridized carbons (Fsp3) is 0.714. The Morgan fingerprint density at radius 3 is 2.90 bits per heavy atom. The van der Waals surface area contributed by atoms with Crippen molar-refractivity contribution in [3.63, 3.8) is 0 Å². The van der Waals surface area contributed by atoms with Crippen LogP contribution in [0, 0.1) is 0 Å². The fourth-order valence-corrected chi connectivity index (χ4v) is 3.81. The second-order valence-electron chi connectivity index (χ2n) is 5.18. The molecule has 112 valence electrons. The summed E-state index contributed by atoms with van der Waals surface area (Å²) in [6.45, 7) is 3.07. The number of nitrogens with zero attached hydrogens (tertiary/aromatic N) is 2. The number of hydrogen-bond donors (Lipinski definition) is 2. The summed E-state index contributed by atoms with van der Waals surface area (Å²) in [7, 11) is 0. The summed E-state index contributed by atoms with van der Waals surface area (Å²) in [4.78, 5) is 8.66. The van der Waals surface area contributed by atoms with Crippen molar-refractivity contribution in [2.75, 3.05) is 23.4 Å². The van der Waals surface area contributed by atoms with Crippen molar-refractivity contribution < 1.29 is 0 Å². The average Bonchev–Trinajstić information content (AvgIpc) is 2.48. The molecule has 1 aromatic rings. The Labute approximate surface area is 134 Å². The van der Waals surface area contributed by atoms with Crippen molar-refractivity contribution in [1.29, 1.82) is 0 Å². The van der Waals surface area contributed by atoms with Gasteiger partial charge in [0, 0.05) is 17.8 Å². The molecule has 0 spiro atoms. The summed E-state index contributed by atoms with van der Waals surface area (Å²) in [6.07, 6.45) is 10.00. The van der Waals surface area contributed by atoms with Crippen LogP contribution in [0.15, 0.2) is 10.8 Å². The van der Waals surface area contributed by atoms with Crippen LogP contribution >= 0.6 is 27.7 Å². The average molecular weight is 359 g/mol. The molecule has 2 atom stereocenters. The van der Waals surface area contributed by atoms with Gasteiger partial charge in [-0.05, 0) is 47.9 Å². The third kappa shape index (κ3) is 4.25. The second-order valence-corrected chi connectivity index (χ2v) is 7.11. The van der Waals surface area contributed by atoms with Crippen LogP contribution in [0.1, 0.15) is 39.0 Å². The highest BCUT2D eigenvalue weighted by Crippen LogP contribution is 2.32. The van der Waals surface area contributed by atoms with E-state index in [-0.39, 0.29) is 0 Å². The highest BCUT2D eigenvalue weighted by Gasteiger charge is 2.22. The van der Waals surface area contributed by atoms with Crippen LogP contribution in [-0.4, -0.2) is 34.1 Å². The Hall–Kier alpha value is -0.490. The van der Waals surface area contributed by atoms with Gasteiger partial charge < -0.3 is 10.6 Å². The van der Waals surface area contributed by atoms with E-state index in [1.165, 1.54) is 25.7 Å². The molecule has 1 aliphatic carbocycles. The summed E-state index contributed by atoms with van der Waals surface area (Å²) >= 11 is 5.60. The Morgan fingerprint density at radius 2 is 2.15 bits per heavy atom. The predicted molar refractivity (Wildman–Crippen MR) is 91.7 cm³/mol. The standard InChI is InChI=1S/C14H23BrN4S/c1-3-7-16-13-12(15)14(18-9-17-13)19-10-5-4-6-11(8-10)20-2/h9-11H,3-8H2,1-2H3,(H2,16,17,18,19). The zero-order valence-electron chi connectivity index (χ0n) is 12.2. The molecule has 1 fully saturated rings. The molecule has 0 saturated heterocycles. The largest absolute Gasteiger partial charge is 0.369 e. The van der Waals surface area contributed by atoms with Crippen LogP contribution in [0.3, 0.4) is 0 Å². The number of hydrogen-bond acceptors (Lipinski definition) is 5. The predicted octanol–water partition coefficient (Wildman–Crippen LogP) is 4.15. The van der Waals surface area contributed by atoms with Crippen LogP contribution < -0.4 is 10.6 Å². The topological polar surface area (TPSA) is 49.8 Å². The number of thioether (sulfide) groups is 1. The number of anilines is 2. The van der Waals surface area contributed by atoms with Gasteiger partial charge in [-0.3, -0.25) is 0 Å². The van der Waals surface area contributed by atoms with Crippen molar-refractivity contribution in [2.45, 2.75) is 50.3 Å². The first-order chi connectivity index (χ1) is 9.74. The molecule has 0 aromatic carbocycles. The maximum Gasteiger partial charge on any atom is 0.146 e. The van der Waals surface area contributed by atoms with Gasteiger partial charge in [0.25, 0.3) is 0 Å². The third-order valence-corrected chi connectivity index (χ3v) is 5.48. The molecule has 1 saturated carbocycles. The molecule has 20 heavy (non-hydrogen) atoms. The van der Waals surface area contributed by atoms with Gasteiger partial charge >= 0.3 is 0 Å². The summed E-state index contributed by atoms with van der Waals surface area (Å²) in [6, 6.07) is 0.520. The number of aromatic nitrogens is 2. The molecule has 2 N–H and O–H groups in total. The maximum absolute atomic E-state index is 4.38. The van der Waals surface area contributed by atoms with Gasteiger partial charge in [0.05, 0.1) is 0 Å². The molecule has 2 rings (SSSR count). The van der Waals surface area contributed by atoms with Crippen LogP contribution in [0.25, 0.3) is 0 Å². The zero-order chi connectivity index (χ0) is 14.4. The smallest absolute Gasteiger partial charge is 0.146 e. The van der Waals surface area contributed by atoms with E-state index in [9.17, 15) is 0 Å². The van der Waals surface area contributed by atoms with Crippen molar-refractivity contribution in [3.05, 3.63) is 10.8 Å². The van der Waals surface area contributed by atoms with Crippen molar-refractivity contribution >= 4 is 39.3 Å². The van der Waals surface area contributed by atoms with Crippen LogP contribution in [0.5, 0.6) is 0 Å². The SMILES string of the molecule is CCCNc1ncnc(NC2CCCC(SC)C2)c1Br. The normalized spacial score (nSPS) is 22.6. The Balaban J connectivity index is 2.01. The number of rotatable bonds is 6. The van der Waals surface area contributed by atoms with Crippen LogP contribution in [0.2, 0.25) is 0 Å². The quantitative estimate of drug-likeness (QED) is 0.799. The van der Waals surface area contributed by atoms with E-state index in [0.717, 1.165) is 34.3 Å². The van der Waals surface area contributed by atoms with Crippen LogP contribution in [0.4, 0.5) is 11.6 Å². The minimum absolute atomic E-state index is 0.520. The number of halogens is 1. The van der Waals surface area contributed by atoms with Gasteiger partial charge in [-0.1, -0.05) is 13.3 Å². The van der Waals surface area contributed by atoms with E-state index >= 15 is 0 Å². The van der Waals surface area contributed by atoms with Gasteiger partial charge in [0.2, 0.25) is 0 Å². The molecule has 6 heteroatoms. The molecular formula is C14H23BrN4S. The molecule has 0 bridgehead atoms. The van der Waals surface area contributed by atoms with Crippen LogP contribution in [-0.2, 0) is 0 Å². The van der Waals surface area contributed by atoms with E-state index in [4.69, 9.17) is 0 Å². The summed E-state index contributed by atoms with van der Waals surface area (Å²) in [5, 5.41) is 7.67. The lowest BCUT2D eigenvalue weighted by molar-refractivity contribution is 0.472. The first-order valence-corrected chi connectivity index (χ1v) is 9.36. The highest BCUT2D eigenvalue weighted by molar-refractivity contribution is 9.10. The lowest BCUT2D eigenvalue weighted by Crippen LogP contribution is -2.29. The minimum atomic E-state index is 0.520. The van der Waals surface area contributed by atoms with E-state index in [0.29, 0.717) is 6.04 Å². The first kappa shape index (κ1) is 15.9. The molecular weight excluding hydrogens is 336 g/mol. The Bertz CT molecular complexity index is 430. The lowest BCUT2D eigenvalue weighted by atomic mass is 9.95. The second kappa shape index (κ2) is 8.08. The molecule has 1 heterocycles. The molecule has 2 unspecified atom stereocenters. The Kier molecular flexibility index (Phi) is 6.42. The molecule has 0 radical (unpaired) electrons. The summed E-state index contributed by atoms with van der Waals surface area (Å²) in [5.74, 6) is 1.78. The third-order valence-electron chi connectivity index (χ3n) is 3.63. The fourth-order valence-electron chi connectivity index (χ4n) is 2.52. The minimum Gasteiger partial charge on any atom is -0.369 e. The van der Waals surface area contributed by atoms with E-state index in [2.05, 4.69) is 49.7 Å². The van der Waals surface area contributed by atoms with Gasteiger partial charge in [-0.15, -0.1) is 0 Å². The van der Waals surface area contributed by atoms with Gasteiger partial charge in [-0.2, -0.15) is 11.8 Å². The molecule has 1 aliphatic rings. The van der Waals surface area contributed by atoms with E-state index < -0.39 is 0 Å². The molecule has 4 nitrogen and oxygen atoms in total. The van der Waals surface area contributed by atoms with Crippen molar-refractivity contribution in [2.24, 2.45) is 0 Å². The zero-order valence-corrected chi connectivity index (χ0v) is 14.6. The van der Waals surface area contributed by atoms with Crippen molar-refractivity contribution in [3.8, 4) is 0 Å². The highest BCUT2D eigenvalue weighted by atomic mass is 79.9. The maximum atomic E-state index is 4.38. The lowest BCUT2D eigenvalue weighted by Gasteiger charge is -2.29. The van der Waals surface area contributed by atoms with Gasteiger partial charge in [0.15, 0.2) is 0 Å². The van der Waals surface area contributed by atoms with E-state index in [1.54, 1.807) is 6.33 Å². The number of nitrogens with one attached hydrogen (secondary N) is 2. The van der Waals surface area contributed by atoms with Gasteiger partial charge in [-0.25, -0.2) is 9.97 Å². The monoisotopic (exact) mass is 358 g/mol.